The van der Waals surface area contributed by atoms with Crippen molar-refractivity contribution in [2.75, 3.05) is 7.11 Å². The maximum Gasteiger partial charge on any atom is 0.348 e. The Bertz CT molecular complexity index is 1300. The first-order chi connectivity index (χ1) is 17.0. The van der Waals surface area contributed by atoms with E-state index in [0.717, 1.165) is 5.56 Å². The number of methoxy groups -OCH3 is 1. The molecule has 4 rings (SSSR count). The lowest BCUT2D eigenvalue weighted by atomic mass is 9.99. The van der Waals surface area contributed by atoms with Gasteiger partial charge in [-0.25, -0.2) is 9.59 Å². The summed E-state index contributed by atoms with van der Waals surface area (Å²) in [7, 11) is 1.24. The number of nitrogens with one attached hydrogen (secondary N) is 1. The third-order valence-electron chi connectivity index (χ3n) is 5.50. The normalized spacial score (nSPS) is 15.3. The zero-order valence-electron chi connectivity index (χ0n) is 18.9. The average Bonchev–Trinajstić information content (AvgIpc) is 3.18. The molecule has 1 heterocycles. The Morgan fingerprint density at radius 2 is 1.49 bits per heavy atom. The van der Waals surface area contributed by atoms with Gasteiger partial charge in [0, 0.05) is 6.42 Å². The van der Waals surface area contributed by atoms with Crippen molar-refractivity contribution in [1.29, 1.82) is 0 Å². The molecule has 7 nitrogen and oxygen atoms in total. The molecule has 0 unspecified atom stereocenters. The highest BCUT2D eigenvalue weighted by atomic mass is 16.6. The van der Waals surface area contributed by atoms with Crippen molar-refractivity contribution in [3.05, 3.63) is 119 Å². The minimum absolute atomic E-state index is 0.0457. The summed E-state index contributed by atoms with van der Waals surface area (Å²) in [4.78, 5) is 38.7. The number of aliphatic hydroxyl groups excluding tert-OH is 1. The number of amides is 1. The molecular weight excluding hydrogens is 446 g/mol. The van der Waals surface area contributed by atoms with Crippen LogP contribution < -0.4 is 5.32 Å². The lowest BCUT2D eigenvalue weighted by molar-refractivity contribution is -0.144. The van der Waals surface area contributed by atoms with Crippen LogP contribution in [-0.4, -0.2) is 36.1 Å². The molecule has 1 amide bonds. The standard InChI is InChI=1S/C28H23NO6/c1-34-27(32)21(17-18-11-5-2-6-12-18)29-26(31)23(20-15-9-4-10-16-20)25-24(30)22(28(33)35-25)19-13-7-3-8-14-19/h2-16,21,30H,17H2,1H3,(H,29,31)/b25-23-/t21-/m0/s1. The predicted molar refractivity (Wildman–Crippen MR) is 130 cm³/mol. The van der Waals surface area contributed by atoms with Crippen molar-refractivity contribution < 1.29 is 29.0 Å². The number of carbonyl (C=O) groups is 3. The fraction of sp³-hybridized carbons (Fsp3) is 0.107. The Hall–Kier alpha value is -4.65. The Kier molecular flexibility index (Phi) is 7.07. The lowest BCUT2D eigenvalue weighted by Gasteiger charge is -2.19. The molecule has 3 aromatic carbocycles. The van der Waals surface area contributed by atoms with Crippen LogP contribution in [0.25, 0.3) is 11.1 Å². The van der Waals surface area contributed by atoms with E-state index in [1.807, 2.05) is 30.3 Å². The Morgan fingerprint density at radius 3 is 2.09 bits per heavy atom. The minimum atomic E-state index is -1.01. The van der Waals surface area contributed by atoms with Crippen LogP contribution in [0.2, 0.25) is 0 Å². The monoisotopic (exact) mass is 469 g/mol. The highest BCUT2D eigenvalue weighted by molar-refractivity contribution is 6.26. The first-order valence-electron chi connectivity index (χ1n) is 10.9. The summed E-state index contributed by atoms with van der Waals surface area (Å²) < 4.78 is 10.3. The van der Waals surface area contributed by atoms with E-state index < -0.39 is 29.6 Å². The van der Waals surface area contributed by atoms with Crippen molar-refractivity contribution in [3.63, 3.8) is 0 Å². The molecule has 0 aliphatic carbocycles. The molecule has 176 valence electrons. The zero-order chi connectivity index (χ0) is 24.8. The summed E-state index contributed by atoms with van der Waals surface area (Å²) in [5, 5.41) is 13.7. The summed E-state index contributed by atoms with van der Waals surface area (Å²) in [5.41, 5.74) is 1.55. The van der Waals surface area contributed by atoms with E-state index in [-0.39, 0.29) is 23.3 Å². The van der Waals surface area contributed by atoms with Crippen molar-refractivity contribution in [1.82, 2.24) is 5.32 Å². The highest BCUT2D eigenvalue weighted by Crippen LogP contribution is 2.36. The van der Waals surface area contributed by atoms with Gasteiger partial charge in [0.2, 0.25) is 0 Å². The molecule has 2 N–H and O–H groups in total. The molecule has 3 aromatic rings. The molecule has 0 fully saturated rings. The lowest BCUT2D eigenvalue weighted by Crippen LogP contribution is -2.43. The molecule has 1 aliphatic rings. The minimum Gasteiger partial charge on any atom is -0.504 e. The molecule has 0 spiro atoms. The summed E-state index contributed by atoms with van der Waals surface area (Å²) in [5.74, 6) is -2.84. The quantitative estimate of drug-likeness (QED) is 0.403. The van der Waals surface area contributed by atoms with Gasteiger partial charge in [0.25, 0.3) is 5.91 Å². The van der Waals surface area contributed by atoms with E-state index >= 15 is 0 Å². The van der Waals surface area contributed by atoms with Crippen LogP contribution in [0.5, 0.6) is 0 Å². The van der Waals surface area contributed by atoms with E-state index in [1.54, 1.807) is 60.7 Å². The topological polar surface area (TPSA) is 102 Å². The maximum absolute atomic E-state index is 13.5. The van der Waals surface area contributed by atoms with Crippen molar-refractivity contribution in [2.24, 2.45) is 0 Å². The summed E-state index contributed by atoms with van der Waals surface area (Å²) in [6, 6.07) is 25.2. The molecule has 0 saturated carbocycles. The molecule has 0 aromatic heterocycles. The van der Waals surface area contributed by atoms with Gasteiger partial charge in [-0.15, -0.1) is 0 Å². The number of ether oxygens (including phenoxy) is 2. The Morgan fingerprint density at radius 1 is 0.914 bits per heavy atom. The number of esters is 2. The van der Waals surface area contributed by atoms with Crippen molar-refractivity contribution in [3.8, 4) is 0 Å². The predicted octanol–water partition coefficient (Wildman–Crippen LogP) is 3.82. The highest BCUT2D eigenvalue weighted by Gasteiger charge is 2.36. The average molecular weight is 469 g/mol. The van der Waals surface area contributed by atoms with Crippen molar-refractivity contribution >= 4 is 29.0 Å². The number of rotatable bonds is 7. The Labute approximate surface area is 202 Å². The first kappa shape index (κ1) is 23.5. The summed E-state index contributed by atoms with van der Waals surface area (Å²) in [6.45, 7) is 0. The van der Waals surface area contributed by atoms with Gasteiger partial charge in [-0.1, -0.05) is 91.0 Å². The molecule has 7 heteroatoms. The number of hydrogen-bond donors (Lipinski definition) is 2. The second kappa shape index (κ2) is 10.5. The van der Waals surface area contributed by atoms with Gasteiger partial charge < -0.3 is 19.9 Å². The van der Waals surface area contributed by atoms with Gasteiger partial charge in [0.15, 0.2) is 11.5 Å². The van der Waals surface area contributed by atoms with Crippen LogP contribution in [0, 0.1) is 0 Å². The zero-order valence-corrected chi connectivity index (χ0v) is 18.9. The second-order valence-corrected chi connectivity index (χ2v) is 7.79. The van der Waals surface area contributed by atoms with Gasteiger partial charge in [-0.3, -0.25) is 4.79 Å². The second-order valence-electron chi connectivity index (χ2n) is 7.79. The number of carbonyl (C=O) groups excluding carboxylic acids is 3. The maximum atomic E-state index is 13.5. The van der Waals surface area contributed by atoms with Gasteiger partial charge in [0.05, 0.1) is 12.7 Å². The van der Waals surface area contributed by atoms with Gasteiger partial charge >= 0.3 is 11.9 Å². The molecule has 1 aliphatic heterocycles. The van der Waals surface area contributed by atoms with Crippen LogP contribution >= 0.6 is 0 Å². The fourth-order valence-corrected chi connectivity index (χ4v) is 3.82. The van der Waals surface area contributed by atoms with E-state index in [0.29, 0.717) is 11.1 Å². The smallest absolute Gasteiger partial charge is 0.348 e. The van der Waals surface area contributed by atoms with E-state index in [2.05, 4.69) is 5.32 Å². The summed E-state index contributed by atoms with van der Waals surface area (Å²) >= 11 is 0. The molecule has 0 saturated heterocycles. The van der Waals surface area contributed by atoms with Crippen molar-refractivity contribution in [2.45, 2.75) is 12.5 Å². The summed E-state index contributed by atoms with van der Waals surface area (Å²) in [6.07, 6.45) is 0.188. The SMILES string of the molecule is COC(=O)[C@H](Cc1ccccc1)NC(=O)/C(=C1\OC(=O)C(c2ccccc2)=C1O)c1ccccc1. The Balaban J connectivity index is 1.76. The molecule has 1 atom stereocenters. The van der Waals surface area contributed by atoms with Crippen LogP contribution in [0.15, 0.2) is 103 Å². The number of hydrogen-bond acceptors (Lipinski definition) is 6. The molecule has 0 radical (unpaired) electrons. The van der Waals surface area contributed by atoms with Crippen LogP contribution in [0.3, 0.4) is 0 Å². The molecule has 35 heavy (non-hydrogen) atoms. The van der Waals surface area contributed by atoms with Gasteiger partial charge in [0.1, 0.15) is 11.6 Å². The number of benzene rings is 3. The number of aliphatic hydroxyl groups is 1. The fourth-order valence-electron chi connectivity index (χ4n) is 3.82. The number of cyclic esters (lactones) is 1. The third kappa shape index (κ3) is 5.14. The van der Waals surface area contributed by atoms with Crippen LogP contribution in [0.1, 0.15) is 16.7 Å². The molecular formula is C28H23NO6. The van der Waals surface area contributed by atoms with E-state index in [1.165, 1.54) is 7.11 Å². The van der Waals surface area contributed by atoms with Gasteiger partial charge in [-0.2, -0.15) is 0 Å². The third-order valence-corrected chi connectivity index (χ3v) is 5.50. The van der Waals surface area contributed by atoms with Gasteiger partial charge in [-0.05, 0) is 16.7 Å². The largest absolute Gasteiger partial charge is 0.504 e. The van der Waals surface area contributed by atoms with E-state index in [4.69, 9.17) is 9.47 Å². The first-order valence-corrected chi connectivity index (χ1v) is 10.9. The molecule has 0 bridgehead atoms. The van der Waals surface area contributed by atoms with Crippen LogP contribution in [-0.2, 0) is 30.3 Å². The van der Waals surface area contributed by atoms with Crippen LogP contribution in [0.4, 0.5) is 0 Å². The van der Waals surface area contributed by atoms with E-state index in [9.17, 15) is 19.5 Å².